The Balaban J connectivity index is 1.43. The molecule has 3 atom stereocenters. The van der Waals surface area contributed by atoms with E-state index in [1.54, 1.807) is 6.20 Å². The Kier molecular flexibility index (Phi) is 4.51. The quantitative estimate of drug-likeness (QED) is 0.863. The molecular formula is C18H24N4O2. The molecule has 0 radical (unpaired) electrons. The van der Waals surface area contributed by atoms with Crippen LogP contribution >= 0.6 is 0 Å². The van der Waals surface area contributed by atoms with Gasteiger partial charge >= 0.3 is 0 Å². The minimum Gasteiger partial charge on any atom is -0.391 e. The van der Waals surface area contributed by atoms with E-state index in [0.717, 1.165) is 39.3 Å². The van der Waals surface area contributed by atoms with Gasteiger partial charge in [0, 0.05) is 43.8 Å². The highest BCUT2D eigenvalue weighted by Crippen LogP contribution is 2.33. The van der Waals surface area contributed by atoms with Gasteiger partial charge in [-0.2, -0.15) is 5.10 Å². The molecule has 6 heteroatoms. The van der Waals surface area contributed by atoms with E-state index in [-0.39, 0.29) is 18.2 Å². The van der Waals surface area contributed by atoms with Crippen molar-refractivity contribution in [2.24, 2.45) is 0 Å². The number of ether oxygens (including phenoxy) is 1. The Bertz CT molecular complexity index is 655. The van der Waals surface area contributed by atoms with Gasteiger partial charge in [0.2, 0.25) is 0 Å². The Morgan fingerprint density at radius 3 is 2.79 bits per heavy atom. The lowest BCUT2D eigenvalue weighted by molar-refractivity contribution is -0.00821. The molecule has 1 aromatic heterocycles. The molecule has 0 unspecified atom stereocenters. The number of morpholine rings is 1. The molecule has 0 spiro atoms. The summed E-state index contributed by atoms with van der Waals surface area (Å²) in [7, 11) is 0. The summed E-state index contributed by atoms with van der Waals surface area (Å²) >= 11 is 0. The van der Waals surface area contributed by atoms with Crippen LogP contribution in [-0.4, -0.2) is 53.3 Å². The van der Waals surface area contributed by atoms with E-state index >= 15 is 0 Å². The van der Waals surface area contributed by atoms with Gasteiger partial charge in [-0.3, -0.25) is 4.68 Å². The zero-order valence-electron chi connectivity index (χ0n) is 13.7. The summed E-state index contributed by atoms with van der Waals surface area (Å²) < 4.78 is 7.32. The first-order chi connectivity index (χ1) is 11.8. The first-order valence-electron chi connectivity index (χ1n) is 8.64. The molecule has 2 heterocycles. The van der Waals surface area contributed by atoms with Crippen molar-refractivity contribution >= 4 is 5.69 Å². The van der Waals surface area contributed by atoms with Crippen LogP contribution in [0.4, 0.5) is 5.69 Å². The molecule has 24 heavy (non-hydrogen) atoms. The number of rotatable bonds is 5. The molecule has 1 saturated carbocycles. The van der Waals surface area contributed by atoms with Crippen molar-refractivity contribution in [3.8, 4) is 0 Å². The maximum absolute atomic E-state index is 10.1. The van der Waals surface area contributed by atoms with Crippen LogP contribution < -0.4 is 10.2 Å². The van der Waals surface area contributed by atoms with E-state index in [2.05, 4.69) is 39.6 Å². The van der Waals surface area contributed by atoms with Crippen LogP contribution in [0.25, 0.3) is 0 Å². The molecule has 0 amide bonds. The average Bonchev–Trinajstić information content (AvgIpc) is 3.13. The Morgan fingerprint density at radius 2 is 2.04 bits per heavy atom. The second-order valence-corrected chi connectivity index (χ2v) is 6.50. The molecule has 2 N–H and O–H groups in total. The molecule has 2 aromatic rings. The van der Waals surface area contributed by atoms with Crippen LogP contribution in [0.15, 0.2) is 42.7 Å². The Morgan fingerprint density at radius 1 is 1.21 bits per heavy atom. The number of nitrogens with zero attached hydrogens (tertiary/aromatic N) is 3. The summed E-state index contributed by atoms with van der Waals surface area (Å²) in [6.07, 6.45) is 4.13. The third kappa shape index (κ3) is 3.05. The maximum atomic E-state index is 10.1. The number of aliphatic hydroxyl groups excluding tert-OH is 1. The molecule has 1 aliphatic carbocycles. The van der Waals surface area contributed by atoms with E-state index < -0.39 is 0 Å². The van der Waals surface area contributed by atoms with Gasteiger partial charge in [-0.25, -0.2) is 0 Å². The number of hydrogen-bond donors (Lipinski definition) is 2. The van der Waals surface area contributed by atoms with Crippen LogP contribution in [0, 0.1) is 0 Å². The highest BCUT2D eigenvalue weighted by molar-refractivity contribution is 5.54. The summed E-state index contributed by atoms with van der Waals surface area (Å²) in [4.78, 5) is 2.39. The summed E-state index contributed by atoms with van der Waals surface area (Å²) in [6.45, 7) is 4.25. The third-order valence-electron chi connectivity index (χ3n) is 5.03. The van der Waals surface area contributed by atoms with E-state index in [1.807, 2.05) is 16.9 Å². The normalized spacial score (nSPS) is 27.0. The van der Waals surface area contributed by atoms with E-state index in [9.17, 15) is 5.11 Å². The van der Waals surface area contributed by atoms with Crippen molar-refractivity contribution in [3.05, 3.63) is 48.3 Å². The molecule has 1 saturated heterocycles. The van der Waals surface area contributed by atoms with Crippen LogP contribution in [-0.2, 0) is 11.3 Å². The zero-order chi connectivity index (χ0) is 16.4. The fourth-order valence-electron chi connectivity index (χ4n) is 3.65. The van der Waals surface area contributed by atoms with Crippen LogP contribution in [0.3, 0.4) is 0 Å². The van der Waals surface area contributed by atoms with Crippen molar-refractivity contribution in [1.29, 1.82) is 0 Å². The number of aromatic nitrogens is 2. The first kappa shape index (κ1) is 15.6. The van der Waals surface area contributed by atoms with Gasteiger partial charge in [-0.15, -0.1) is 0 Å². The fraction of sp³-hybridized carbons (Fsp3) is 0.500. The SMILES string of the molecule is O[C@@H]1C[C@H](NCc2ccccc2N2CCOCC2)[C@H]1n1cccn1. The van der Waals surface area contributed by atoms with Crippen molar-refractivity contribution in [1.82, 2.24) is 15.1 Å². The van der Waals surface area contributed by atoms with E-state index in [4.69, 9.17) is 4.74 Å². The van der Waals surface area contributed by atoms with Gasteiger partial charge in [0.25, 0.3) is 0 Å². The largest absolute Gasteiger partial charge is 0.391 e. The van der Waals surface area contributed by atoms with Crippen molar-refractivity contribution in [3.63, 3.8) is 0 Å². The van der Waals surface area contributed by atoms with Gasteiger partial charge in [0.1, 0.15) is 0 Å². The lowest BCUT2D eigenvalue weighted by Crippen LogP contribution is -2.54. The summed E-state index contributed by atoms with van der Waals surface area (Å²) in [5, 5.41) is 18.0. The van der Waals surface area contributed by atoms with Gasteiger partial charge in [0.15, 0.2) is 0 Å². The number of aliphatic hydroxyl groups is 1. The molecule has 2 aliphatic rings. The number of para-hydroxylation sites is 1. The topological polar surface area (TPSA) is 62.6 Å². The van der Waals surface area contributed by atoms with Crippen molar-refractivity contribution in [2.75, 3.05) is 31.2 Å². The average molecular weight is 328 g/mol. The fourth-order valence-corrected chi connectivity index (χ4v) is 3.65. The van der Waals surface area contributed by atoms with Crippen molar-refractivity contribution < 1.29 is 9.84 Å². The number of nitrogens with one attached hydrogen (secondary N) is 1. The summed E-state index contributed by atoms with van der Waals surface area (Å²) in [5.74, 6) is 0. The number of benzene rings is 1. The molecule has 2 fully saturated rings. The minimum atomic E-state index is -0.322. The van der Waals surface area contributed by atoms with E-state index in [1.165, 1.54) is 11.3 Å². The van der Waals surface area contributed by atoms with Crippen LogP contribution in [0.5, 0.6) is 0 Å². The summed E-state index contributed by atoms with van der Waals surface area (Å²) in [5.41, 5.74) is 2.57. The lowest BCUT2D eigenvalue weighted by Gasteiger charge is -2.42. The highest BCUT2D eigenvalue weighted by Gasteiger charge is 2.41. The third-order valence-corrected chi connectivity index (χ3v) is 5.03. The molecule has 1 aromatic carbocycles. The Hall–Kier alpha value is -1.89. The summed E-state index contributed by atoms with van der Waals surface area (Å²) in [6, 6.07) is 10.7. The second kappa shape index (κ2) is 6.93. The number of hydrogen-bond acceptors (Lipinski definition) is 5. The van der Waals surface area contributed by atoms with Gasteiger partial charge in [-0.05, 0) is 24.1 Å². The lowest BCUT2D eigenvalue weighted by atomic mass is 9.83. The predicted molar refractivity (Wildman–Crippen MR) is 92.0 cm³/mol. The molecule has 6 nitrogen and oxygen atoms in total. The van der Waals surface area contributed by atoms with E-state index in [0.29, 0.717) is 0 Å². The molecule has 1 aliphatic heterocycles. The van der Waals surface area contributed by atoms with Crippen molar-refractivity contribution in [2.45, 2.75) is 31.2 Å². The first-order valence-corrected chi connectivity index (χ1v) is 8.64. The van der Waals surface area contributed by atoms with Gasteiger partial charge in [-0.1, -0.05) is 18.2 Å². The monoisotopic (exact) mass is 328 g/mol. The molecule has 0 bridgehead atoms. The van der Waals surface area contributed by atoms with Gasteiger partial charge in [0.05, 0.1) is 25.4 Å². The molecular weight excluding hydrogens is 304 g/mol. The molecule has 128 valence electrons. The standard InChI is InChI=1S/C18H24N4O2/c23-17-12-15(18(17)22-7-3-6-20-22)19-13-14-4-1-2-5-16(14)21-8-10-24-11-9-21/h1-7,15,17-19,23H,8-13H2/t15-,17+,18+/m0/s1. The smallest absolute Gasteiger partial charge is 0.0932 e. The Labute approximate surface area is 142 Å². The van der Waals surface area contributed by atoms with Crippen LogP contribution in [0.2, 0.25) is 0 Å². The van der Waals surface area contributed by atoms with Gasteiger partial charge < -0.3 is 20.1 Å². The van der Waals surface area contributed by atoms with Crippen LogP contribution in [0.1, 0.15) is 18.0 Å². The highest BCUT2D eigenvalue weighted by atomic mass is 16.5. The second-order valence-electron chi connectivity index (χ2n) is 6.50. The number of anilines is 1. The minimum absolute atomic E-state index is 0.0237. The molecule has 4 rings (SSSR count). The predicted octanol–water partition coefficient (Wildman–Crippen LogP) is 1.18. The zero-order valence-corrected chi connectivity index (χ0v) is 13.7. The maximum Gasteiger partial charge on any atom is 0.0932 e.